The molecule has 1 fully saturated rings. The molecule has 1 aromatic heterocycles. The number of amides is 1. The fourth-order valence-corrected chi connectivity index (χ4v) is 6.98. The summed E-state index contributed by atoms with van der Waals surface area (Å²) in [6, 6.07) is 7.55. The molecule has 6 nitrogen and oxygen atoms in total. The molecule has 0 radical (unpaired) electrons. The van der Waals surface area contributed by atoms with Crippen molar-refractivity contribution >= 4 is 38.8 Å². The van der Waals surface area contributed by atoms with E-state index in [2.05, 4.69) is 4.98 Å². The average Bonchev–Trinajstić information content (AvgIpc) is 3.35. The van der Waals surface area contributed by atoms with Gasteiger partial charge < -0.3 is 14.7 Å². The van der Waals surface area contributed by atoms with Gasteiger partial charge in [-0.1, -0.05) is 51.5 Å². The molecular formula is C21H28N2O4S3. The summed E-state index contributed by atoms with van der Waals surface area (Å²) in [6.45, 7) is 0.999. The number of ether oxygens (including phenoxy) is 1. The molecule has 0 saturated carbocycles. The normalized spacial score (nSPS) is 16.0. The van der Waals surface area contributed by atoms with Gasteiger partial charge in [0.1, 0.15) is 12.4 Å². The molecule has 164 valence electrons. The molecule has 1 aromatic carbocycles. The highest BCUT2D eigenvalue weighted by Gasteiger charge is 2.16. The first-order chi connectivity index (χ1) is 14.5. The van der Waals surface area contributed by atoms with Gasteiger partial charge in [-0.05, 0) is 37.0 Å². The van der Waals surface area contributed by atoms with Gasteiger partial charge >= 0.3 is 4.87 Å². The maximum Gasteiger partial charge on any atom is 0.307 e. The number of carbonyl (C=O) groups excluding carboxylic acids is 1. The van der Waals surface area contributed by atoms with Gasteiger partial charge in [0.25, 0.3) is 0 Å². The number of hydrogen-bond acceptors (Lipinski definition) is 7. The van der Waals surface area contributed by atoms with Crippen molar-refractivity contribution in [1.82, 2.24) is 9.88 Å². The Labute approximate surface area is 188 Å². The van der Waals surface area contributed by atoms with Crippen molar-refractivity contribution < 1.29 is 14.6 Å². The van der Waals surface area contributed by atoms with Crippen LogP contribution in [0.4, 0.5) is 0 Å². The lowest BCUT2D eigenvalue weighted by Crippen LogP contribution is -2.30. The molecule has 2 heterocycles. The van der Waals surface area contributed by atoms with Crippen LogP contribution in [-0.2, 0) is 11.2 Å². The van der Waals surface area contributed by atoms with E-state index in [4.69, 9.17) is 4.74 Å². The Morgan fingerprint density at radius 1 is 1.30 bits per heavy atom. The Bertz CT molecular complexity index is 860. The summed E-state index contributed by atoms with van der Waals surface area (Å²) >= 11 is 1.01. The maximum absolute atomic E-state index is 12.2. The van der Waals surface area contributed by atoms with Crippen LogP contribution >= 0.6 is 32.9 Å². The summed E-state index contributed by atoms with van der Waals surface area (Å²) in [7, 11) is 5.79. The van der Waals surface area contributed by atoms with Gasteiger partial charge in [-0.3, -0.25) is 14.6 Å². The lowest BCUT2D eigenvalue weighted by atomic mass is 10.1. The quantitative estimate of drug-likeness (QED) is 0.378. The molecule has 0 spiro atoms. The third-order valence-corrected chi connectivity index (χ3v) is 8.88. The smallest absolute Gasteiger partial charge is 0.307 e. The van der Waals surface area contributed by atoms with Gasteiger partial charge in [0.2, 0.25) is 11.8 Å². The van der Waals surface area contributed by atoms with Crippen LogP contribution in [0.5, 0.6) is 11.6 Å². The number of unbranched alkanes of at least 4 members (excludes halogenated alkanes) is 1. The number of aromatic amines is 1. The van der Waals surface area contributed by atoms with E-state index in [9.17, 15) is 14.7 Å². The fourth-order valence-electron chi connectivity index (χ4n) is 3.19. The second-order valence-corrected chi connectivity index (χ2v) is 11.2. The van der Waals surface area contributed by atoms with Crippen LogP contribution in [0, 0.1) is 0 Å². The van der Waals surface area contributed by atoms with E-state index in [1.54, 1.807) is 4.90 Å². The molecule has 2 N–H and O–H groups in total. The largest absolute Gasteiger partial charge is 0.494 e. The zero-order chi connectivity index (χ0) is 21.3. The van der Waals surface area contributed by atoms with Gasteiger partial charge in [-0.15, -0.1) is 0 Å². The summed E-state index contributed by atoms with van der Waals surface area (Å²) < 4.78 is 5.75. The second kappa shape index (κ2) is 11.7. The predicted octanol–water partition coefficient (Wildman–Crippen LogP) is 4.28. The molecular weight excluding hydrogens is 440 g/mol. The summed E-state index contributed by atoms with van der Waals surface area (Å²) in [6.07, 6.45) is 5.70. The summed E-state index contributed by atoms with van der Waals surface area (Å²) in [5, 5.41) is 10.5. The number of hydrogen-bond donors (Lipinski definition) is 2. The Balaban J connectivity index is 1.32. The number of H-pyrrole nitrogens is 1. The van der Waals surface area contributed by atoms with Crippen LogP contribution in [0.1, 0.15) is 42.5 Å². The first kappa shape index (κ1) is 23.1. The highest BCUT2D eigenvalue weighted by Crippen LogP contribution is 2.39. The molecule has 2 aromatic rings. The van der Waals surface area contributed by atoms with Gasteiger partial charge in [0, 0.05) is 30.9 Å². The number of rotatable bonds is 11. The third-order valence-electron chi connectivity index (χ3n) is 5.00. The number of carbonyl (C=O) groups is 1. The van der Waals surface area contributed by atoms with Crippen LogP contribution < -0.4 is 9.61 Å². The van der Waals surface area contributed by atoms with Gasteiger partial charge in [-0.25, -0.2) is 0 Å². The van der Waals surface area contributed by atoms with Crippen LogP contribution in [0.15, 0.2) is 29.1 Å². The molecule has 1 saturated heterocycles. The summed E-state index contributed by atoms with van der Waals surface area (Å²) in [5.74, 6) is 2.11. The number of nitrogens with zero attached hydrogens (tertiary/aromatic N) is 1. The number of thiazole rings is 1. The number of likely N-dealkylation sites (N-methyl/N-ethyl adjacent to an activating group) is 1. The minimum absolute atomic E-state index is 0.0607. The van der Waals surface area contributed by atoms with Crippen LogP contribution in [-0.4, -0.2) is 52.1 Å². The highest BCUT2D eigenvalue weighted by atomic mass is 33.1. The van der Waals surface area contributed by atoms with Crippen molar-refractivity contribution in [2.75, 3.05) is 26.0 Å². The highest BCUT2D eigenvalue weighted by molar-refractivity contribution is 8.77. The summed E-state index contributed by atoms with van der Waals surface area (Å²) in [4.78, 5) is 28.0. The van der Waals surface area contributed by atoms with E-state index in [0.717, 1.165) is 40.7 Å². The molecule has 9 heteroatoms. The number of aromatic hydroxyl groups is 1. The van der Waals surface area contributed by atoms with Crippen molar-refractivity contribution in [3.05, 3.63) is 44.4 Å². The summed E-state index contributed by atoms with van der Waals surface area (Å²) in [5.41, 5.74) is 0.981. The number of nitrogens with one attached hydrogen (secondary N) is 1. The van der Waals surface area contributed by atoms with Crippen LogP contribution in [0.2, 0.25) is 0 Å². The Morgan fingerprint density at radius 3 is 2.77 bits per heavy atom. The van der Waals surface area contributed by atoms with E-state index >= 15 is 0 Å². The first-order valence-electron chi connectivity index (χ1n) is 10.2. The molecule has 1 atom stereocenters. The van der Waals surface area contributed by atoms with Crippen molar-refractivity contribution in [2.45, 2.75) is 43.8 Å². The molecule has 1 aliphatic rings. The molecule has 30 heavy (non-hydrogen) atoms. The number of benzene rings is 1. The monoisotopic (exact) mass is 468 g/mol. The third kappa shape index (κ3) is 7.28. The minimum atomic E-state index is -0.256. The van der Waals surface area contributed by atoms with Crippen LogP contribution in [0.25, 0.3) is 0 Å². The second-order valence-electron chi connectivity index (χ2n) is 7.35. The molecule has 0 bridgehead atoms. The zero-order valence-corrected chi connectivity index (χ0v) is 19.5. The van der Waals surface area contributed by atoms with Crippen LogP contribution in [0.3, 0.4) is 0 Å². The predicted molar refractivity (Wildman–Crippen MR) is 126 cm³/mol. The molecule has 1 amide bonds. The van der Waals surface area contributed by atoms with E-state index < -0.39 is 0 Å². The van der Waals surface area contributed by atoms with E-state index in [1.165, 1.54) is 18.6 Å². The fraction of sp³-hybridized carbons (Fsp3) is 0.524. The molecule has 1 aliphatic heterocycles. The molecule has 0 aliphatic carbocycles. The minimum Gasteiger partial charge on any atom is -0.494 e. The van der Waals surface area contributed by atoms with E-state index in [0.29, 0.717) is 30.9 Å². The Kier molecular flexibility index (Phi) is 9.02. The topological polar surface area (TPSA) is 82.6 Å². The Hall–Kier alpha value is -1.58. The maximum atomic E-state index is 12.2. The Morgan fingerprint density at radius 2 is 2.10 bits per heavy atom. The van der Waals surface area contributed by atoms with Gasteiger partial charge in [0.05, 0.1) is 11.4 Å². The van der Waals surface area contributed by atoms with Crippen molar-refractivity contribution in [3.8, 4) is 11.6 Å². The van der Waals surface area contributed by atoms with Crippen molar-refractivity contribution in [3.63, 3.8) is 0 Å². The van der Waals surface area contributed by atoms with Crippen molar-refractivity contribution in [2.24, 2.45) is 0 Å². The standard InChI is InChI=1S/C21H28N2O4S3/c1-23(19(24)5-3-2-4-17-10-13-28-30-17)11-12-27-16-8-6-15(7-9-16)14-18-20(25)22-21(26)29-18/h6-9,17,25H,2-5,10-14H2,1H3,(H,22,26). The molecule has 3 rings (SSSR count). The average molecular weight is 469 g/mol. The van der Waals surface area contributed by atoms with Crippen molar-refractivity contribution in [1.29, 1.82) is 0 Å². The molecule has 1 unspecified atom stereocenters. The zero-order valence-electron chi connectivity index (χ0n) is 17.1. The lowest BCUT2D eigenvalue weighted by molar-refractivity contribution is -0.130. The van der Waals surface area contributed by atoms with E-state index in [1.807, 2.05) is 52.9 Å². The van der Waals surface area contributed by atoms with Gasteiger partial charge in [-0.2, -0.15) is 0 Å². The van der Waals surface area contributed by atoms with E-state index in [-0.39, 0.29) is 16.7 Å². The lowest BCUT2D eigenvalue weighted by Gasteiger charge is -2.18. The number of aromatic nitrogens is 1. The first-order valence-corrected chi connectivity index (χ1v) is 13.4. The SMILES string of the molecule is CN(CCOc1ccc(Cc2sc(=O)[nH]c2O)cc1)C(=O)CCCCC1CCSS1. The van der Waals surface area contributed by atoms with Gasteiger partial charge in [0.15, 0.2) is 0 Å².